The molecule has 0 bridgehead atoms. The summed E-state index contributed by atoms with van der Waals surface area (Å²) < 4.78 is 0. The fourth-order valence-corrected chi connectivity index (χ4v) is 4.69. The van der Waals surface area contributed by atoms with Crippen LogP contribution in [-0.4, -0.2) is 21.8 Å². The Morgan fingerprint density at radius 2 is 1.69 bits per heavy atom. The summed E-state index contributed by atoms with van der Waals surface area (Å²) in [6.07, 6.45) is 4.26. The Morgan fingerprint density at radius 3 is 2.42 bits per heavy atom. The molecule has 0 aliphatic rings. The molecule has 3 aromatic carbocycles. The van der Waals surface area contributed by atoms with E-state index in [1.165, 1.54) is 5.56 Å². The van der Waals surface area contributed by atoms with Gasteiger partial charge in [0.2, 0.25) is 5.78 Å². The second kappa shape index (κ2) is 11.2. The van der Waals surface area contributed by atoms with Crippen LogP contribution in [0, 0.1) is 5.92 Å². The molecule has 0 amide bonds. The Balaban J connectivity index is 1.61. The molecule has 0 atom stereocenters. The molecule has 1 aromatic heterocycles. The second-order valence-corrected chi connectivity index (χ2v) is 9.85. The van der Waals surface area contributed by atoms with Gasteiger partial charge in [-0.15, -0.1) is 0 Å². The van der Waals surface area contributed by atoms with Crippen molar-refractivity contribution in [2.45, 2.75) is 46.5 Å². The largest absolute Gasteiger partial charge is 0.481 e. The SMILES string of the molecule is CC(=Cc1cccc(C(=O)c2[nH]c3ccccc3c2CCCC(=O)O)c1)c1ccc(CC(C)C)cc1. The predicted molar refractivity (Wildman–Crippen MR) is 147 cm³/mol. The summed E-state index contributed by atoms with van der Waals surface area (Å²) in [4.78, 5) is 27.9. The Labute approximate surface area is 212 Å². The van der Waals surface area contributed by atoms with Gasteiger partial charge < -0.3 is 10.1 Å². The molecule has 0 fully saturated rings. The van der Waals surface area contributed by atoms with Gasteiger partial charge >= 0.3 is 5.97 Å². The quantitative estimate of drug-likeness (QED) is 0.182. The Hall–Kier alpha value is -3.92. The summed E-state index contributed by atoms with van der Waals surface area (Å²) in [7, 11) is 0. The monoisotopic (exact) mass is 479 g/mol. The summed E-state index contributed by atoms with van der Waals surface area (Å²) in [6.45, 7) is 6.54. The van der Waals surface area contributed by atoms with Crippen LogP contribution >= 0.6 is 0 Å². The van der Waals surface area contributed by atoms with Crippen molar-refractivity contribution >= 4 is 34.3 Å². The maximum Gasteiger partial charge on any atom is 0.303 e. The maximum absolute atomic E-state index is 13.6. The van der Waals surface area contributed by atoms with Crippen LogP contribution in [0.3, 0.4) is 0 Å². The highest BCUT2D eigenvalue weighted by molar-refractivity contribution is 6.12. The van der Waals surface area contributed by atoms with E-state index in [0.717, 1.165) is 39.6 Å². The van der Waals surface area contributed by atoms with Gasteiger partial charge in [-0.05, 0) is 72.1 Å². The Kier molecular flexibility index (Phi) is 7.84. The van der Waals surface area contributed by atoms with Crippen molar-refractivity contribution in [1.29, 1.82) is 0 Å². The van der Waals surface area contributed by atoms with E-state index in [4.69, 9.17) is 5.11 Å². The van der Waals surface area contributed by atoms with Crippen LogP contribution in [0.25, 0.3) is 22.6 Å². The first-order valence-corrected chi connectivity index (χ1v) is 12.6. The van der Waals surface area contributed by atoms with E-state index in [1.54, 1.807) is 0 Å². The van der Waals surface area contributed by atoms with Crippen LogP contribution in [0.5, 0.6) is 0 Å². The van der Waals surface area contributed by atoms with Crippen molar-refractivity contribution < 1.29 is 14.7 Å². The second-order valence-electron chi connectivity index (χ2n) is 9.85. The molecule has 4 rings (SSSR count). The first kappa shape index (κ1) is 25.2. The number of rotatable bonds is 10. The van der Waals surface area contributed by atoms with Gasteiger partial charge in [-0.2, -0.15) is 0 Å². The number of aliphatic carboxylic acids is 1. The number of carbonyl (C=O) groups is 2. The molecule has 4 nitrogen and oxygen atoms in total. The third kappa shape index (κ3) is 6.01. The van der Waals surface area contributed by atoms with Crippen molar-refractivity contribution in [2.75, 3.05) is 0 Å². The third-order valence-electron chi connectivity index (χ3n) is 6.44. The topological polar surface area (TPSA) is 70.2 Å². The molecule has 0 radical (unpaired) electrons. The lowest BCUT2D eigenvalue weighted by Gasteiger charge is -2.08. The van der Waals surface area contributed by atoms with Crippen LogP contribution in [0.2, 0.25) is 0 Å². The lowest BCUT2D eigenvalue weighted by molar-refractivity contribution is -0.137. The summed E-state index contributed by atoms with van der Waals surface area (Å²) in [5.74, 6) is -0.280. The number of carbonyl (C=O) groups excluding carboxylic acids is 1. The van der Waals surface area contributed by atoms with Crippen molar-refractivity contribution in [3.63, 3.8) is 0 Å². The van der Waals surface area contributed by atoms with E-state index in [0.29, 0.717) is 30.0 Å². The Bertz CT molecular complexity index is 1410. The third-order valence-corrected chi connectivity index (χ3v) is 6.44. The first-order chi connectivity index (χ1) is 17.3. The number of nitrogens with one attached hydrogen (secondary N) is 1. The van der Waals surface area contributed by atoms with Gasteiger partial charge in [-0.1, -0.05) is 80.6 Å². The lowest BCUT2D eigenvalue weighted by Crippen LogP contribution is -2.06. The van der Waals surface area contributed by atoms with E-state index in [1.807, 2.05) is 48.5 Å². The number of benzene rings is 3. The van der Waals surface area contributed by atoms with Crippen molar-refractivity contribution in [2.24, 2.45) is 5.92 Å². The number of hydrogen-bond donors (Lipinski definition) is 2. The number of allylic oxidation sites excluding steroid dienone is 1. The minimum absolute atomic E-state index is 0.0745. The van der Waals surface area contributed by atoms with Crippen LogP contribution in [0.4, 0.5) is 0 Å². The smallest absolute Gasteiger partial charge is 0.303 e. The molecule has 0 saturated heterocycles. The average Bonchev–Trinajstić information content (AvgIpc) is 3.22. The number of fused-ring (bicyclic) bond motifs is 1. The number of H-pyrrole nitrogens is 1. The molecule has 0 aliphatic carbocycles. The molecule has 0 aliphatic heterocycles. The van der Waals surface area contributed by atoms with E-state index in [2.05, 4.69) is 56.1 Å². The Morgan fingerprint density at radius 1 is 0.944 bits per heavy atom. The number of hydrogen-bond acceptors (Lipinski definition) is 2. The van der Waals surface area contributed by atoms with E-state index < -0.39 is 5.97 Å². The van der Waals surface area contributed by atoms with Gasteiger partial charge in [-0.25, -0.2) is 0 Å². The average molecular weight is 480 g/mol. The molecular weight excluding hydrogens is 446 g/mol. The summed E-state index contributed by atoms with van der Waals surface area (Å²) >= 11 is 0. The molecular formula is C32H33NO3. The number of aromatic amines is 1. The zero-order valence-electron chi connectivity index (χ0n) is 21.2. The highest BCUT2D eigenvalue weighted by Crippen LogP contribution is 2.27. The maximum atomic E-state index is 13.6. The van der Waals surface area contributed by atoms with E-state index >= 15 is 0 Å². The first-order valence-electron chi connectivity index (χ1n) is 12.6. The molecule has 4 heteroatoms. The number of aromatic nitrogens is 1. The summed E-state index contributed by atoms with van der Waals surface area (Å²) in [6, 6.07) is 24.2. The molecule has 4 aromatic rings. The van der Waals surface area contributed by atoms with Crippen LogP contribution in [-0.2, 0) is 17.6 Å². The number of aryl methyl sites for hydroxylation is 1. The molecule has 0 unspecified atom stereocenters. The number of carboxylic acid groups (broad SMARTS) is 1. The summed E-state index contributed by atoms with van der Waals surface area (Å²) in [5.41, 5.74) is 7.52. The van der Waals surface area contributed by atoms with Gasteiger partial charge in [0.05, 0.1) is 5.69 Å². The highest BCUT2D eigenvalue weighted by atomic mass is 16.4. The van der Waals surface area contributed by atoms with Crippen LogP contribution in [0.1, 0.15) is 71.9 Å². The predicted octanol–water partition coefficient (Wildman–Crippen LogP) is 7.57. The standard InChI is InChI=1S/C32H33NO3/c1-21(2)18-23-14-16-25(17-15-23)22(3)19-24-8-6-9-26(20-24)32(36)31-28(11-7-13-30(34)35)27-10-4-5-12-29(27)33-31/h4-6,8-10,12,14-17,19-21,33H,7,11,13,18H2,1-3H3,(H,34,35). The minimum atomic E-state index is -0.827. The summed E-state index contributed by atoms with van der Waals surface area (Å²) in [5, 5.41) is 10.0. The molecule has 1 heterocycles. The zero-order chi connectivity index (χ0) is 25.7. The van der Waals surface area contributed by atoms with E-state index in [9.17, 15) is 9.59 Å². The van der Waals surface area contributed by atoms with Gasteiger partial charge in [0.15, 0.2) is 0 Å². The highest BCUT2D eigenvalue weighted by Gasteiger charge is 2.19. The molecule has 184 valence electrons. The van der Waals surface area contributed by atoms with Gasteiger partial charge in [0, 0.05) is 22.9 Å². The molecule has 2 N–H and O–H groups in total. The zero-order valence-corrected chi connectivity index (χ0v) is 21.2. The fourth-order valence-electron chi connectivity index (χ4n) is 4.69. The van der Waals surface area contributed by atoms with Crippen molar-refractivity contribution in [1.82, 2.24) is 4.98 Å². The van der Waals surface area contributed by atoms with Gasteiger partial charge in [-0.3, -0.25) is 9.59 Å². The molecule has 0 saturated carbocycles. The normalized spacial score (nSPS) is 11.8. The number of para-hydroxylation sites is 1. The fraction of sp³-hybridized carbons (Fsp3) is 0.250. The van der Waals surface area contributed by atoms with Crippen molar-refractivity contribution in [3.8, 4) is 0 Å². The molecule has 0 spiro atoms. The number of carboxylic acids is 1. The molecule has 36 heavy (non-hydrogen) atoms. The van der Waals surface area contributed by atoms with Crippen LogP contribution < -0.4 is 0 Å². The number of ketones is 1. The van der Waals surface area contributed by atoms with E-state index in [-0.39, 0.29) is 12.2 Å². The van der Waals surface area contributed by atoms with Gasteiger partial charge in [0.25, 0.3) is 0 Å². The van der Waals surface area contributed by atoms with Crippen LogP contribution in [0.15, 0.2) is 72.8 Å². The van der Waals surface area contributed by atoms with Gasteiger partial charge in [0.1, 0.15) is 0 Å². The van der Waals surface area contributed by atoms with Crippen molar-refractivity contribution in [3.05, 3.63) is 106 Å². The lowest BCUT2D eigenvalue weighted by atomic mass is 9.97. The minimum Gasteiger partial charge on any atom is -0.481 e.